The summed E-state index contributed by atoms with van der Waals surface area (Å²) in [7, 11) is 3.55. The molecule has 8 nitrogen and oxygen atoms in total. The number of fused-ring (bicyclic) bond motifs is 2. The summed E-state index contributed by atoms with van der Waals surface area (Å²) in [4.78, 5) is 25.1. The Balaban J connectivity index is 1.47. The van der Waals surface area contributed by atoms with Gasteiger partial charge in [0.15, 0.2) is 0 Å². The Morgan fingerprint density at radius 1 is 1.36 bits per heavy atom. The Labute approximate surface area is 149 Å². The SMILES string of the molecule is CN(C)C(=O)N1CCn2nc(CNc3ncnc4sccc34)cc2C1. The number of urea groups is 1. The maximum Gasteiger partial charge on any atom is 0.319 e. The highest BCUT2D eigenvalue weighted by molar-refractivity contribution is 7.16. The van der Waals surface area contributed by atoms with Crippen LogP contribution in [0.2, 0.25) is 0 Å². The number of hydrogen-bond donors (Lipinski definition) is 1. The fraction of sp³-hybridized carbons (Fsp3) is 0.375. The Kier molecular flexibility index (Phi) is 4.00. The van der Waals surface area contributed by atoms with Crippen molar-refractivity contribution in [3.63, 3.8) is 0 Å². The molecule has 25 heavy (non-hydrogen) atoms. The summed E-state index contributed by atoms with van der Waals surface area (Å²) in [5, 5.41) is 11.0. The first-order valence-corrected chi connectivity index (χ1v) is 8.93. The van der Waals surface area contributed by atoms with Gasteiger partial charge < -0.3 is 15.1 Å². The molecule has 3 aromatic rings. The third-order valence-corrected chi connectivity index (χ3v) is 5.02. The standard InChI is InChI=1S/C16H19N7OS/c1-21(2)16(24)22-4-5-23-12(9-22)7-11(20-23)8-17-14-13-3-6-25-15(13)19-10-18-14/h3,6-7,10H,4-5,8-9H2,1-2H3,(H,17,18,19). The van der Waals surface area contributed by atoms with Gasteiger partial charge in [0.2, 0.25) is 0 Å². The van der Waals surface area contributed by atoms with Crippen LogP contribution >= 0.6 is 11.3 Å². The highest BCUT2D eigenvalue weighted by Crippen LogP contribution is 2.24. The minimum absolute atomic E-state index is 0.0351. The van der Waals surface area contributed by atoms with Crippen LogP contribution in [0.25, 0.3) is 10.2 Å². The van der Waals surface area contributed by atoms with E-state index in [2.05, 4.69) is 20.4 Å². The van der Waals surface area contributed by atoms with E-state index in [1.807, 2.05) is 27.1 Å². The molecule has 9 heteroatoms. The summed E-state index contributed by atoms with van der Waals surface area (Å²) in [6.45, 7) is 2.58. The number of hydrogen-bond acceptors (Lipinski definition) is 6. The lowest BCUT2D eigenvalue weighted by molar-refractivity contribution is 0.155. The molecule has 0 fully saturated rings. The molecular formula is C16H19N7OS. The van der Waals surface area contributed by atoms with Gasteiger partial charge in [0.05, 0.1) is 36.4 Å². The quantitative estimate of drug-likeness (QED) is 0.776. The normalized spacial score (nSPS) is 13.8. The summed E-state index contributed by atoms with van der Waals surface area (Å²) < 4.78 is 1.98. The maximum absolute atomic E-state index is 12.1. The van der Waals surface area contributed by atoms with Crippen LogP contribution in [0.3, 0.4) is 0 Å². The molecular weight excluding hydrogens is 338 g/mol. The van der Waals surface area contributed by atoms with Crippen molar-refractivity contribution in [3.8, 4) is 0 Å². The third kappa shape index (κ3) is 3.02. The lowest BCUT2D eigenvalue weighted by atomic mass is 10.3. The smallest absolute Gasteiger partial charge is 0.319 e. The molecule has 0 spiro atoms. The fourth-order valence-corrected chi connectivity index (χ4v) is 3.70. The molecule has 2 amide bonds. The summed E-state index contributed by atoms with van der Waals surface area (Å²) in [6.07, 6.45) is 1.57. The molecule has 3 aromatic heterocycles. The van der Waals surface area contributed by atoms with Crippen molar-refractivity contribution in [3.05, 3.63) is 35.2 Å². The number of nitrogens with one attached hydrogen (secondary N) is 1. The monoisotopic (exact) mass is 357 g/mol. The molecule has 1 aliphatic rings. The summed E-state index contributed by atoms with van der Waals surface area (Å²) in [5.74, 6) is 0.821. The van der Waals surface area contributed by atoms with E-state index < -0.39 is 0 Å². The van der Waals surface area contributed by atoms with Gasteiger partial charge in [0.25, 0.3) is 0 Å². The number of thiophene rings is 1. The van der Waals surface area contributed by atoms with E-state index >= 15 is 0 Å². The van der Waals surface area contributed by atoms with Crippen LogP contribution in [0.15, 0.2) is 23.8 Å². The molecule has 0 aliphatic carbocycles. The number of nitrogens with zero attached hydrogens (tertiary/aromatic N) is 6. The lowest BCUT2D eigenvalue weighted by Crippen LogP contribution is -2.43. The van der Waals surface area contributed by atoms with Crippen LogP contribution in [-0.4, -0.2) is 56.2 Å². The van der Waals surface area contributed by atoms with Gasteiger partial charge in [-0.2, -0.15) is 5.10 Å². The van der Waals surface area contributed by atoms with Crippen LogP contribution in [0, 0.1) is 0 Å². The lowest BCUT2D eigenvalue weighted by Gasteiger charge is -2.29. The van der Waals surface area contributed by atoms with Crippen LogP contribution in [0.5, 0.6) is 0 Å². The van der Waals surface area contributed by atoms with Crippen LogP contribution in [-0.2, 0) is 19.6 Å². The Hall–Kier alpha value is -2.68. The Morgan fingerprint density at radius 2 is 2.24 bits per heavy atom. The largest absolute Gasteiger partial charge is 0.364 e. The number of amides is 2. The second-order valence-corrected chi connectivity index (χ2v) is 7.06. The first kappa shape index (κ1) is 15.8. The second-order valence-electron chi connectivity index (χ2n) is 6.16. The number of rotatable bonds is 3. The molecule has 130 valence electrons. The molecule has 4 heterocycles. The van der Waals surface area contributed by atoms with Crippen molar-refractivity contribution < 1.29 is 4.79 Å². The van der Waals surface area contributed by atoms with Crippen molar-refractivity contribution in [2.45, 2.75) is 19.6 Å². The topological polar surface area (TPSA) is 79.2 Å². The molecule has 0 saturated heterocycles. The molecule has 1 N–H and O–H groups in total. The molecule has 0 radical (unpaired) electrons. The van der Waals surface area contributed by atoms with Crippen LogP contribution < -0.4 is 5.32 Å². The fourth-order valence-electron chi connectivity index (χ4n) is 2.96. The first-order valence-electron chi connectivity index (χ1n) is 8.06. The second kappa shape index (κ2) is 6.32. The molecule has 0 atom stereocenters. The van der Waals surface area contributed by atoms with Crippen molar-refractivity contribution in [1.29, 1.82) is 0 Å². The molecule has 4 rings (SSSR count). The predicted molar refractivity (Wildman–Crippen MR) is 96.5 cm³/mol. The number of anilines is 1. The third-order valence-electron chi connectivity index (χ3n) is 4.20. The molecule has 0 bridgehead atoms. The van der Waals surface area contributed by atoms with Crippen LogP contribution in [0.4, 0.5) is 10.6 Å². The van der Waals surface area contributed by atoms with Crippen molar-refractivity contribution in [2.75, 3.05) is 26.0 Å². The highest BCUT2D eigenvalue weighted by atomic mass is 32.1. The van der Waals surface area contributed by atoms with E-state index in [0.29, 0.717) is 19.6 Å². The predicted octanol–water partition coefficient (Wildman–Crippen LogP) is 2.00. The van der Waals surface area contributed by atoms with Gasteiger partial charge in [0.1, 0.15) is 17.0 Å². The van der Waals surface area contributed by atoms with Crippen molar-refractivity contribution >= 4 is 33.4 Å². The Morgan fingerprint density at radius 3 is 3.08 bits per heavy atom. The highest BCUT2D eigenvalue weighted by Gasteiger charge is 2.23. The molecule has 0 unspecified atom stereocenters. The summed E-state index contributed by atoms with van der Waals surface area (Å²) in [6, 6.07) is 4.10. The number of aromatic nitrogens is 4. The van der Waals surface area contributed by atoms with E-state index in [0.717, 1.165) is 34.0 Å². The minimum atomic E-state index is 0.0351. The van der Waals surface area contributed by atoms with E-state index in [4.69, 9.17) is 0 Å². The maximum atomic E-state index is 12.1. The van der Waals surface area contributed by atoms with Crippen LogP contribution in [0.1, 0.15) is 11.4 Å². The molecule has 1 aliphatic heterocycles. The molecule has 0 saturated carbocycles. The van der Waals surface area contributed by atoms with Crippen molar-refractivity contribution in [2.24, 2.45) is 0 Å². The van der Waals surface area contributed by atoms with Gasteiger partial charge in [0, 0.05) is 20.6 Å². The van der Waals surface area contributed by atoms with E-state index in [-0.39, 0.29) is 6.03 Å². The number of carbonyl (C=O) groups is 1. The van der Waals surface area contributed by atoms with E-state index in [9.17, 15) is 4.79 Å². The zero-order valence-electron chi connectivity index (χ0n) is 14.1. The van der Waals surface area contributed by atoms with Gasteiger partial charge in [-0.05, 0) is 17.5 Å². The molecule has 0 aromatic carbocycles. The Bertz CT molecular complexity index is 916. The summed E-state index contributed by atoms with van der Waals surface area (Å²) in [5.41, 5.74) is 2.00. The van der Waals surface area contributed by atoms with Gasteiger partial charge in [-0.25, -0.2) is 14.8 Å². The summed E-state index contributed by atoms with van der Waals surface area (Å²) >= 11 is 1.60. The zero-order valence-corrected chi connectivity index (χ0v) is 15.0. The van der Waals surface area contributed by atoms with Gasteiger partial charge in [-0.1, -0.05) is 0 Å². The number of carbonyl (C=O) groups excluding carboxylic acids is 1. The minimum Gasteiger partial charge on any atom is -0.364 e. The average Bonchev–Trinajstić information content (AvgIpc) is 3.24. The van der Waals surface area contributed by atoms with E-state index in [1.54, 1.807) is 36.7 Å². The first-order chi connectivity index (χ1) is 12.1. The van der Waals surface area contributed by atoms with Gasteiger partial charge in [-0.3, -0.25) is 4.68 Å². The zero-order chi connectivity index (χ0) is 17.4. The van der Waals surface area contributed by atoms with Gasteiger partial charge in [-0.15, -0.1) is 11.3 Å². The van der Waals surface area contributed by atoms with Gasteiger partial charge >= 0.3 is 6.03 Å². The van der Waals surface area contributed by atoms with Crippen molar-refractivity contribution in [1.82, 2.24) is 29.5 Å². The average molecular weight is 357 g/mol. The van der Waals surface area contributed by atoms with E-state index in [1.165, 1.54) is 0 Å².